The van der Waals surface area contributed by atoms with Gasteiger partial charge in [-0.15, -0.1) is 0 Å². The number of aromatic nitrogens is 1. The van der Waals surface area contributed by atoms with E-state index in [4.69, 9.17) is 21.5 Å². The third-order valence-electron chi connectivity index (χ3n) is 6.19. The van der Waals surface area contributed by atoms with E-state index < -0.39 is 10.0 Å². The number of carbonyl (C=O) groups is 2. The fourth-order valence-corrected chi connectivity index (χ4v) is 5.35. The number of H-pyrrole nitrogens is 1. The Labute approximate surface area is 212 Å². The van der Waals surface area contributed by atoms with Crippen LogP contribution in [0, 0.1) is 0 Å². The van der Waals surface area contributed by atoms with Gasteiger partial charge < -0.3 is 14.6 Å². The molecule has 0 unspecified atom stereocenters. The number of sulfonamides is 1. The smallest absolute Gasteiger partial charge is 0.254 e. The van der Waals surface area contributed by atoms with Crippen LogP contribution in [0.1, 0.15) is 26.3 Å². The van der Waals surface area contributed by atoms with Gasteiger partial charge in [0.25, 0.3) is 5.91 Å². The van der Waals surface area contributed by atoms with Crippen molar-refractivity contribution in [1.82, 2.24) is 9.88 Å². The third-order valence-corrected chi connectivity index (χ3v) is 7.58. The van der Waals surface area contributed by atoms with Gasteiger partial charge in [0.15, 0.2) is 5.78 Å². The topological polar surface area (TPSA) is 123 Å². The fourth-order valence-electron chi connectivity index (χ4n) is 4.28. The van der Waals surface area contributed by atoms with Gasteiger partial charge >= 0.3 is 0 Å². The van der Waals surface area contributed by atoms with Gasteiger partial charge in [-0.3, -0.25) is 9.59 Å². The second-order valence-corrected chi connectivity index (χ2v) is 10.4. The van der Waals surface area contributed by atoms with E-state index in [2.05, 4.69) is 4.98 Å². The molecule has 2 heterocycles. The number of amides is 1. The van der Waals surface area contributed by atoms with Crippen LogP contribution >= 0.6 is 11.6 Å². The zero-order valence-electron chi connectivity index (χ0n) is 19.0. The molecule has 3 aromatic carbocycles. The van der Waals surface area contributed by atoms with Crippen LogP contribution in [0.25, 0.3) is 22.0 Å². The highest BCUT2D eigenvalue weighted by atomic mass is 35.5. The summed E-state index contributed by atoms with van der Waals surface area (Å²) >= 11 is 5.94. The molecule has 1 aliphatic heterocycles. The average Bonchev–Trinajstić information content (AvgIpc) is 3.31. The molecule has 5 rings (SSSR count). The van der Waals surface area contributed by atoms with Crippen molar-refractivity contribution in [2.24, 2.45) is 5.14 Å². The van der Waals surface area contributed by atoms with E-state index >= 15 is 0 Å². The largest absolute Gasteiger partial charge is 0.378 e. The maximum Gasteiger partial charge on any atom is 0.254 e. The molecule has 1 amide bonds. The predicted octanol–water partition coefficient (Wildman–Crippen LogP) is 3.84. The Morgan fingerprint density at radius 3 is 2.25 bits per heavy atom. The van der Waals surface area contributed by atoms with Crippen molar-refractivity contribution in [1.29, 1.82) is 0 Å². The molecule has 184 valence electrons. The summed E-state index contributed by atoms with van der Waals surface area (Å²) in [6.45, 7) is 2.27. The molecule has 0 aliphatic carbocycles. The number of nitrogens with two attached hydrogens (primary N) is 1. The van der Waals surface area contributed by atoms with Crippen molar-refractivity contribution in [3.8, 4) is 11.1 Å². The van der Waals surface area contributed by atoms with E-state index in [1.807, 2.05) is 36.5 Å². The summed E-state index contributed by atoms with van der Waals surface area (Å²) in [6, 6.07) is 16.6. The van der Waals surface area contributed by atoms with Gasteiger partial charge in [0.05, 0.1) is 18.2 Å². The van der Waals surface area contributed by atoms with Crippen LogP contribution in [-0.4, -0.2) is 56.3 Å². The second kappa shape index (κ2) is 9.51. The number of nitrogens with one attached hydrogen (secondary N) is 1. The number of benzene rings is 3. The van der Waals surface area contributed by atoms with E-state index in [0.29, 0.717) is 37.4 Å². The molecular weight excluding hydrogens is 502 g/mol. The fraction of sp³-hybridized carbons (Fsp3) is 0.154. The van der Waals surface area contributed by atoms with Crippen molar-refractivity contribution in [2.45, 2.75) is 4.90 Å². The summed E-state index contributed by atoms with van der Waals surface area (Å²) in [7, 11) is -4.07. The van der Waals surface area contributed by atoms with Gasteiger partial charge in [0, 0.05) is 52.4 Å². The van der Waals surface area contributed by atoms with Crippen molar-refractivity contribution < 1.29 is 22.7 Å². The number of nitrogens with zero attached hydrogens (tertiary/aromatic N) is 1. The van der Waals surface area contributed by atoms with Gasteiger partial charge in [-0.2, -0.15) is 0 Å². The number of carbonyl (C=O) groups excluding carboxylic acids is 2. The highest BCUT2D eigenvalue weighted by Crippen LogP contribution is 2.30. The summed E-state index contributed by atoms with van der Waals surface area (Å²) < 4.78 is 28.8. The molecule has 8 nitrogen and oxygen atoms in total. The van der Waals surface area contributed by atoms with Crippen LogP contribution in [0.2, 0.25) is 5.02 Å². The Hall–Kier alpha value is -3.50. The van der Waals surface area contributed by atoms with E-state index in [9.17, 15) is 18.0 Å². The van der Waals surface area contributed by atoms with Crippen molar-refractivity contribution in [3.63, 3.8) is 0 Å². The molecular formula is C26H22ClN3O5S. The van der Waals surface area contributed by atoms with Crippen molar-refractivity contribution in [2.75, 3.05) is 26.3 Å². The van der Waals surface area contributed by atoms with Crippen LogP contribution in [0.3, 0.4) is 0 Å². The third kappa shape index (κ3) is 4.66. The van der Waals surface area contributed by atoms with Crippen molar-refractivity contribution >= 4 is 44.2 Å². The zero-order valence-corrected chi connectivity index (χ0v) is 20.6. The number of primary sulfonamides is 1. The number of fused-ring (bicyclic) bond motifs is 1. The van der Waals surface area contributed by atoms with Crippen LogP contribution in [0.4, 0.5) is 0 Å². The molecule has 0 atom stereocenters. The molecule has 1 aromatic heterocycles. The Balaban J connectivity index is 1.41. The van der Waals surface area contributed by atoms with E-state index in [0.717, 1.165) is 22.0 Å². The molecule has 0 saturated carbocycles. The minimum Gasteiger partial charge on any atom is -0.378 e. The first-order chi connectivity index (χ1) is 17.2. The molecule has 1 aliphatic rings. The predicted molar refractivity (Wildman–Crippen MR) is 137 cm³/mol. The number of hydrogen-bond donors (Lipinski definition) is 2. The highest BCUT2D eigenvalue weighted by molar-refractivity contribution is 7.89. The number of hydrogen-bond acceptors (Lipinski definition) is 5. The van der Waals surface area contributed by atoms with Crippen molar-refractivity contribution in [3.05, 3.63) is 88.6 Å². The number of ether oxygens (including phenoxy) is 1. The summed E-state index contributed by atoms with van der Waals surface area (Å²) in [4.78, 5) is 30.4. The minimum atomic E-state index is -4.07. The highest BCUT2D eigenvalue weighted by Gasteiger charge is 2.20. The van der Waals surface area contributed by atoms with Gasteiger partial charge in [0.2, 0.25) is 10.0 Å². The maximum absolute atomic E-state index is 13.1. The summed E-state index contributed by atoms with van der Waals surface area (Å²) in [6.07, 6.45) is 1.85. The monoisotopic (exact) mass is 523 g/mol. The van der Waals surface area contributed by atoms with Crippen LogP contribution in [0.5, 0.6) is 0 Å². The zero-order chi connectivity index (χ0) is 25.4. The lowest BCUT2D eigenvalue weighted by Crippen LogP contribution is -2.40. The SMILES string of the molecule is NS(=O)(=O)c1cc(C(=O)c2ccc3c(-c4ccc(C(=O)N5CCOCC5)cc4)c[nH]c3c2)ccc1Cl. The Bertz CT molecular complexity index is 1590. The van der Waals surface area contributed by atoms with E-state index in [-0.39, 0.29) is 27.2 Å². The van der Waals surface area contributed by atoms with Crippen LogP contribution < -0.4 is 5.14 Å². The average molecular weight is 524 g/mol. The number of morpholine rings is 1. The van der Waals surface area contributed by atoms with Gasteiger partial charge in [0.1, 0.15) is 4.90 Å². The number of halogens is 1. The van der Waals surface area contributed by atoms with Gasteiger partial charge in [-0.05, 0) is 42.0 Å². The molecule has 10 heteroatoms. The van der Waals surface area contributed by atoms with Crippen LogP contribution in [-0.2, 0) is 14.8 Å². The standard InChI is InChI=1S/C26H22ClN3O5S/c27-22-8-6-19(14-24(22)36(28,33)34)25(31)18-5-7-20-21(15-29-23(20)13-18)16-1-3-17(4-2-16)26(32)30-9-11-35-12-10-30/h1-8,13-15,29H,9-12H2,(H2,28,33,34). The molecule has 4 aromatic rings. The maximum atomic E-state index is 13.1. The summed E-state index contributed by atoms with van der Waals surface area (Å²) in [5.41, 5.74) is 3.76. The van der Waals surface area contributed by atoms with Gasteiger partial charge in [-0.1, -0.05) is 35.9 Å². The van der Waals surface area contributed by atoms with Crippen LogP contribution in [0.15, 0.2) is 71.8 Å². The lowest BCUT2D eigenvalue weighted by molar-refractivity contribution is 0.0303. The normalized spacial score (nSPS) is 14.2. The first-order valence-electron chi connectivity index (χ1n) is 11.2. The second-order valence-electron chi connectivity index (χ2n) is 8.46. The quantitative estimate of drug-likeness (QED) is 0.385. The molecule has 1 fully saturated rings. The number of aromatic amines is 1. The Kier molecular flexibility index (Phi) is 6.40. The number of ketones is 1. The summed E-state index contributed by atoms with van der Waals surface area (Å²) in [5, 5.41) is 6.06. The molecule has 0 spiro atoms. The molecule has 0 radical (unpaired) electrons. The molecule has 3 N–H and O–H groups in total. The minimum absolute atomic E-state index is 0.0141. The molecule has 1 saturated heterocycles. The van der Waals surface area contributed by atoms with Gasteiger partial charge in [-0.25, -0.2) is 13.6 Å². The Morgan fingerprint density at radius 1 is 0.917 bits per heavy atom. The number of rotatable bonds is 5. The lowest BCUT2D eigenvalue weighted by Gasteiger charge is -2.26. The molecule has 0 bridgehead atoms. The van der Waals surface area contributed by atoms with E-state index in [1.165, 1.54) is 18.2 Å². The lowest BCUT2D eigenvalue weighted by atomic mass is 9.99. The first-order valence-corrected chi connectivity index (χ1v) is 13.1. The van der Waals surface area contributed by atoms with E-state index in [1.54, 1.807) is 17.0 Å². The first kappa shape index (κ1) is 24.2. The Morgan fingerprint density at radius 2 is 1.56 bits per heavy atom. The summed E-state index contributed by atoms with van der Waals surface area (Å²) in [5.74, 6) is -0.375. The molecule has 36 heavy (non-hydrogen) atoms.